The second-order valence-electron chi connectivity index (χ2n) is 5.27. The van der Waals surface area contributed by atoms with Crippen LogP contribution in [0.1, 0.15) is 25.3 Å². The van der Waals surface area contributed by atoms with E-state index in [2.05, 4.69) is 4.74 Å². The molecule has 0 amide bonds. The number of aliphatic carboxylic acids is 1. The Labute approximate surface area is 142 Å². The minimum absolute atomic E-state index is 0.349. The van der Waals surface area contributed by atoms with Gasteiger partial charge in [-0.05, 0) is 24.3 Å². The van der Waals surface area contributed by atoms with Crippen LogP contribution in [0.25, 0.3) is 0 Å². The molecule has 1 N–H and O–H groups in total. The molecule has 2 rings (SSSR count). The molecular weight excluding hydrogens is 341 g/mol. The van der Waals surface area contributed by atoms with Crippen molar-refractivity contribution in [3.05, 3.63) is 29.8 Å². The lowest BCUT2D eigenvalue weighted by molar-refractivity contribution is -0.205. The number of benzene rings is 1. The van der Waals surface area contributed by atoms with E-state index in [0.29, 0.717) is 31.5 Å². The number of carbonyl (C=O) groups is 2. The Bertz CT molecular complexity index is 626. The molecule has 6 nitrogen and oxygen atoms in total. The Morgan fingerprint density at radius 1 is 1.24 bits per heavy atom. The molecule has 0 saturated carbocycles. The number of hydrogen-bond acceptors (Lipinski definition) is 5. The first kappa shape index (κ1) is 20.3. The molecule has 0 unspecified atom stereocenters. The van der Waals surface area contributed by atoms with Crippen LogP contribution in [-0.2, 0) is 14.3 Å². The predicted molar refractivity (Wildman–Crippen MR) is 81.8 cm³/mol. The SMILES string of the molecule is CC(=O)O.N#Cc1ccc(N2CCC(OC(=O)C(F)(F)F)CC2)cc1. The molecule has 25 heavy (non-hydrogen) atoms. The van der Waals surface area contributed by atoms with Crippen molar-refractivity contribution < 1.29 is 32.6 Å². The first-order chi connectivity index (χ1) is 11.6. The monoisotopic (exact) mass is 358 g/mol. The van der Waals surface area contributed by atoms with E-state index in [-0.39, 0.29) is 0 Å². The molecule has 0 spiro atoms. The second-order valence-corrected chi connectivity index (χ2v) is 5.27. The van der Waals surface area contributed by atoms with Crippen LogP contribution in [0.2, 0.25) is 0 Å². The Morgan fingerprint density at radius 2 is 1.72 bits per heavy atom. The van der Waals surface area contributed by atoms with E-state index in [1.165, 1.54) is 0 Å². The van der Waals surface area contributed by atoms with Crippen LogP contribution in [0.3, 0.4) is 0 Å². The smallest absolute Gasteiger partial charge is 0.481 e. The van der Waals surface area contributed by atoms with E-state index in [4.69, 9.17) is 15.2 Å². The normalized spacial score (nSPS) is 14.8. The molecule has 1 heterocycles. The minimum atomic E-state index is -4.94. The number of nitrogens with zero attached hydrogens (tertiary/aromatic N) is 2. The number of nitriles is 1. The number of anilines is 1. The highest BCUT2D eigenvalue weighted by Crippen LogP contribution is 2.24. The number of carboxylic acid groups (broad SMARTS) is 1. The van der Waals surface area contributed by atoms with Gasteiger partial charge in [-0.25, -0.2) is 4.79 Å². The van der Waals surface area contributed by atoms with Crippen LogP contribution < -0.4 is 4.90 Å². The fraction of sp³-hybridized carbons (Fsp3) is 0.438. The average Bonchev–Trinajstić information content (AvgIpc) is 2.54. The van der Waals surface area contributed by atoms with Gasteiger partial charge in [-0.2, -0.15) is 18.4 Å². The average molecular weight is 358 g/mol. The van der Waals surface area contributed by atoms with Gasteiger partial charge in [-0.1, -0.05) is 0 Å². The molecule has 1 aromatic carbocycles. The van der Waals surface area contributed by atoms with Crippen molar-refractivity contribution in [3.63, 3.8) is 0 Å². The van der Waals surface area contributed by atoms with Crippen LogP contribution in [-0.4, -0.2) is 42.4 Å². The summed E-state index contributed by atoms with van der Waals surface area (Å²) in [5.41, 5.74) is 1.45. The third-order valence-electron chi connectivity index (χ3n) is 3.31. The molecule has 0 atom stereocenters. The van der Waals surface area contributed by atoms with Gasteiger partial charge < -0.3 is 14.7 Å². The van der Waals surface area contributed by atoms with Gasteiger partial charge in [0.05, 0.1) is 11.6 Å². The summed E-state index contributed by atoms with van der Waals surface area (Å²) >= 11 is 0. The van der Waals surface area contributed by atoms with Crippen LogP contribution in [0, 0.1) is 11.3 Å². The number of piperidine rings is 1. The van der Waals surface area contributed by atoms with Gasteiger partial charge >= 0.3 is 12.1 Å². The number of ether oxygens (including phenoxy) is 1. The molecule has 1 saturated heterocycles. The Morgan fingerprint density at radius 3 is 2.12 bits per heavy atom. The van der Waals surface area contributed by atoms with Crippen LogP contribution in [0.4, 0.5) is 18.9 Å². The number of carbonyl (C=O) groups excluding carboxylic acids is 1. The Balaban J connectivity index is 0.000000705. The van der Waals surface area contributed by atoms with Gasteiger partial charge in [-0.3, -0.25) is 4.79 Å². The van der Waals surface area contributed by atoms with Crippen molar-refractivity contribution in [2.45, 2.75) is 32.0 Å². The highest BCUT2D eigenvalue weighted by molar-refractivity contribution is 5.75. The largest absolute Gasteiger partial charge is 0.490 e. The van der Waals surface area contributed by atoms with Gasteiger partial charge in [0.2, 0.25) is 0 Å². The molecule has 1 fully saturated rings. The number of rotatable bonds is 2. The molecule has 136 valence electrons. The summed E-state index contributed by atoms with van der Waals surface area (Å²) in [6.07, 6.45) is -4.94. The quantitative estimate of drug-likeness (QED) is 0.818. The molecule has 9 heteroatoms. The second kappa shape index (κ2) is 8.92. The maximum atomic E-state index is 12.1. The summed E-state index contributed by atoms with van der Waals surface area (Å²) in [6, 6.07) is 8.97. The molecule has 1 aliphatic rings. The summed E-state index contributed by atoms with van der Waals surface area (Å²) in [5.74, 6) is -2.96. The van der Waals surface area contributed by atoms with E-state index < -0.39 is 24.2 Å². The number of esters is 1. The minimum Gasteiger partial charge on any atom is -0.481 e. The zero-order valence-electron chi connectivity index (χ0n) is 13.4. The van der Waals surface area contributed by atoms with Crippen molar-refractivity contribution in [3.8, 4) is 6.07 Å². The molecule has 0 radical (unpaired) electrons. The van der Waals surface area contributed by atoms with Gasteiger partial charge in [0.25, 0.3) is 5.97 Å². The lowest BCUT2D eigenvalue weighted by Gasteiger charge is -2.33. The fourth-order valence-corrected chi connectivity index (χ4v) is 2.20. The maximum Gasteiger partial charge on any atom is 0.490 e. The Kier molecular flexibility index (Phi) is 7.23. The molecular formula is C16H17F3N2O4. The summed E-state index contributed by atoms with van der Waals surface area (Å²) < 4.78 is 40.8. The van der Waals surface area contributed by atoms with E-state index in [9.17, 15) is 18.0 Å². The van der Waals surface area contributed by atoms with Crippen LogP contribution >= 0.6 is 0 Å². The number of alkyl halides is 3. The fourth-order valence-electron chi connectivity index (χ4n) is 2.20. The van der Waals surface area contributed by atoms with Crippen molar-refractivity contribution >= 4 is 17.6 Å². The number of hydrogen-bond donors (Lipinski definition) is 1. The van der Waals surface area contributed by atoms with Gasteiger partial charge in [0.1, 0.15) is 6.10 Å². The standard InChI is InChI=1S/C14H13F3N2O2.C2H4O2/c15-14(16,17)13(20)21-12-5-7-19(8-6-12)11-3-1-10(9-18)2-4-11;1-2(3)4/h1-4,12H,5-8H2;1H3,(H,3,4). The Hall–Kier alpha value is -2.76. The summed E-state index contributed by atoms with van der Waals surface area (Å²) in [5, 5.41) is 16.1. The molecule has 0 bridgehead atoms. The first-order valence-corrected chi connectivity index (χ1v) is 7.36. The van der Waals surface area contributed by atoms with E-state index in [1.54, 1.807) is 24.3 Å². The lowest BCUT2D eigenvalue weighted by Crippen LogP contribution is -2.40. The maximum absolute atomic E-state index is 12.1. The van der Waals surface area contributed by atoms with Gasteiger partial charge in [0.15, 0.2) is 0 Å². The van der Waals surface area contributed by atoms with E-state index in [0.717, 1.165) is 12.6 Å². The van der Waals surface area contributed by atoms with Crippen molar-refractivity contribution in [1.82, 2.24) is 0 Å². The number of carboxylic acids is 1. The third-order valence-corrected chi connectivity index (χ3v) is 3.31. The first-order valence-electron chi connectivity index (χ1n) is 7.36. The zero-order chi connectivity index (χ0) is 19.0. The van der Waals surface area contributed by atoms with Crippen molar-refractivity contribution in [2.24, 2.45) is 0 Å². The number of halogens is 3. The highest BCUT2D eigenvalue weighted by atomic mass is 19.4. The van der Waals surface area contributed by atoms with Crippen LogP contribution in [0.15, 0.2) is 24.3 Å². The molecule has 1 aliphatic heterocycles. The zero-order valence-corrected chi connectivity index (χ0v) is 13.4. The lowest BCUT2D eigenvalue weighted by atomic mass is 10.1. The van der Waals surface area contributed by atoms with Gasteiger partial charge in [0, 0.05) is 38.5 Å². The van der Waals surface area contributed by atoms with Crippen molar-refractivity contribution in [2.75, 3.05) is 18.0 Å². The van der Waals surface area contributed by atoms with E-state index >= 15 is 0 Å². The topological polar surface area (TPSA) is 90.6 Å². The third kappa shape index (κ3) is 7.12. The predicted octanol–water partition coefficient (Wildman–Crippen LogP) is 2.72. The summed E-state index contributed by atoms with van der Waals surface area (Å²) in [7, 11) is 0. The van der Waals surface area contributed by atoms with Crippen LogP contribution in [0.5, 0.6) is 0 Å². The summed E-state index contributed by atoms with van der Waals surface area (Å²) in [6.45, 7) is 2.09. The molecule has 1 aromatic rings. The van der Waals surface area contributed by atoms with Gasteiger partial charge in [-0.15, -0.1) is 0 Å². The molecule has 0 aromatic heterocycles. The van der Waals surface area contributed by atoms with Crippen molar-refractivity contribution in [1.29, 1.82) is 5.26 Å². The summed E-state index contributed by atoms with van der Waals surface area (Å²) in [4.78, 5) is 21.7. The highest BCUT2D eigenvalue weighted by Gasteiger charge is 2.42. The molecule has 0 aliphatic carbocycles. The van der Waals surface area contributed by atoms with E-state index in [1.807, 2.05) is 11.0 Å².